The molecule has 1 heterocycles. The zero-order valence-corrected chi connectivity index (χ0v) is 11.5. The first-order chi connectivity index (χ1) is 9.33. The van der Waals surface area contributed by atoms with Gasteiger partial charge in [0.05, 0.1) is 7.11 Å². The van der Waals surface area contributed by atoms with Gasteiger partial charge in [0.25, 0.3) is 0 Å². The number of ether oxygens (including phenoxy) is 1. The molecule has 1 N–H and O–H groups in total. The maximum atomic E-state index is 5.40. The standard InChI is InChI=1S/C16H20N2O/c1-3-17-12-15-10-13(6-7-16(15)19-2)9-14-5-4-8-18-11-14/h4-8,10-11,17H,3,9,12H2,1-2H3. The van der Waals surface area contributed by atoms with E-state index < -0.39 is 0 Å². The van der Waals surface area contributed by atoms with Crippen molar-refractivity contribution in [2.24, 2.45) is 0 Å². The van der Waals surface area contributed by atoms with E-state index in [9.17, 15) is 0 Å². The second-order valence-electron chi connectivity index (χ2n) is 4.46. The van der Waals surface area contributed by atoms with Gasteiger partial charge in [-0.2, -0.15) is 0 Å². The zero-order chi connectivity index (χ0) is 13.5. The second kappa shape index (κ2) is 6.90. The predicted molar refractivity (Wildman–Crippen MR) is 77.4 cm³/mol. The molecule has 0 atom stereocenters. The van der Waals surface area contributed by atoms with E-state index in [1.165, 1.54) is 16.7 Å². The maximum absolute atomic E-state index is 5.40. The average Bonchev–Trinajstić information content (AvgIpc) is 2.46. The van der Waals surface area contributed by atoms with Crippen molar-refractivity contribution in [3.63, 3.8) is 0 Å². The number of aromatic nitrogens is 1. The van der Waals surface area contributed by atoms with Gasteiger partial charge in [0, 0.05) is 24.5 Å². The monoisotopic (exact) mass is 256 g/mol. The molecule has 0 bridgehead atoms. The predicted octanol–water partition coefficient (Wildman–Crippen LogP) is 2.79. The van der Waals surface area contributed by atoms with E-state index in [0.717, 1.165) is 25.3 Å². The lowest BCUT2D eigenvalue weighted by molar-refractivity contribution is 0.408. The minimum Gasteiger partial charge on any atom is -0.496 e. The molecule has 100 valence electrons. The number of hydrogen-bond donors (Lipinski definition) is 1. The summed E-state index contributed by atoms with van der Waals surface area (Å²) in [6.07, 6.45) is 4.61. The lowest BCUT2D eigenvalue weighted by Gasteiger charge is -2.11. The Hall–Kier alpha value is -1.87. The molecule has 3 nitrogen and oxygen atoms in total. The fraction of sp³-hybridized carbons (Fsp3) is 0.312. The van der Waals surface area contributed by atoms with E-state index in [1.807, 2.05) is 18.3 Å². The summed E-state index contributed by atoms with van der Waals surface area (Å²) >= 11 is 0. The Morgan fingerprint density at radius 3 is 2.79 bits per heavy atom. The van der Waals surface area contributed by atoms with Crippen molar-refractivity contribution in [2.75, 3.05) is 13.7 Å². The Kier molecular flexibility index (Phi) is 4.93. The molecule has 1 aromatic heterocycles. The lowest BCUT2D eigenvalue weighted by Crippen LogP contribution is -2.12. The molecule has 0 aliphatic rings. The van der Waals surface area contributed by atoms with Crippen LogP contribution >= 0.6 is 0 Å². The molecule has 2 aromatic rings. The van der Waals surface area contributed by atoms with E-state index in [2.05, 4.69) is 35.4 Å². The molecule has 2 rings (SSSR count). The molecule has 0 amide bonds. The van der Waals surface area contributed by atoms with Gasteiger partial charge in [-0.25, -0.2) is 0 Å². The van der Waals surface area contributed by atoms with Crippen LogP contribution in [-0.4, -0.2) is 18.6 Å². The van der Waals surface area contributed by atoms with Gasteiger partial charge in [0.15, 0.2) is 0 Å². The van der Waals surface area contributed by atoms with Crippen LogP contribution in [0.25, 0.3) is 0 Å². The number of pyridine rings is 1. The van der Waals surface area contributed by atoms with Crippen molar-refractivity contribution in [3.05, 3.63) is 59.4 Å². The highest BCUT2D eigenvalue weighted by Crippen LogP contribution is 2.21. The summed E-state index contributed by atoms with van der Waals surface area (Å²) in [7, 11) is 1.71. The number of nitrogens with zero attached hydrogens (tertiary/aromatic N) is 1. The third-order valence-electron chi connectivity index (χ3n) is 3.04. The Morgan fingerprint density at radius 1 is 1.21 bits per heavy atom. The van der Waals surface area contributed by atoms with Crippen LogP contribution in [-0.2, 0) is 13.0 Å². The van der Waals surface area contributed by atoms with Gasteiger partial charge in [-0.05, 0) is 36.2 Å². The average molecular weight is 256 g/mol. The van der Waals surface area contributed by atoms with E-state index in [1.54, 1.807) is 13.3 Å². The molecule has 0 saturated carbocycles. The van der Waals surface area contributed by atoms with Crippen LogP contribution in [0.4, 0.5) is 0 Å². The Bertz CT molecular complexity index is 511. The summed E-state index contributed by atoms with van der Waals surface area (Å²) in [5.41, 5.74) is 3.70. The quantitative estimate of drug-likeness (QED) is 0.863. The number of rotatable bonds is 6. The van der Waals surface area contributed by atoms with Crippen molar-refractivity contribution in [3.8, 4) is 5.75 Å². The van der Waals surface area contributed by atoms with Crippen molar-refractivity contribution >= 4 is 0 Å². The van der Waals surface area contributed by atoms with E-state index >= 15 is 0 Å². The van der Waals surface area contributed by atoms with E-state index in [0.29, 0.717) is 0 Å². The smallest absolute Gasteiger partial charge is 0.123 e. The van der Waals surface area contributed by atoms with Gasteiger partial charge in [-0.1, -0.05) is 25.1 Å². The SMILES string of the molecule is CCNCc1cc(Cc2cccnc2)ccc1OC. The summed E-state index contributed by atoms with van der Waals surface area (Å²) in [4.78, 5) is 4.15. The van der Waals surface area contributed by atoms with Crippen LogP contribution in [0.1, 0.15) is 23.6 Å². The van der Waals surface area contributed by atoms with Crippen LogP contribution in [0.5, 0.6) is 5.75 Å². The molecule has 0 aliphatic carbocycles. The summed E-state index contributed by atoms with van der Waals surface area (Å²) in [5, 5.41) is 3.34. The minimum absolute atomic E-state index is 0.834. The largest absolute Gasteiger partial charge is 0.496 e. The third kappa shape index (κ3) is 3.80. The van der Waals surface area contributed by atoms with Crippen LogP contribution in [0.15, 0.2) is 42.7 Å². The number of nitrogens with one attached hydrogen (secondary N) is 1. The molecule has 0 aliphatic heterocycles. The highest BCUT2D eigenvalue weighted by atomic mass is 16.5. The lowest BCUT2D eigenvalue weighted by atomic mass is 10.0. The van der Waals surface area contributed by atoms with Crippen molar-refractivity contribution in [2.45, 2.75) is 19.9 Å². The molecule has 0 radical (unpaired) electrons. The topological polar surface area (TPSA) is 34.2 Å². The Balaban J connectivity index is 2.17. The highest BCUT2D eigenvalue weighted by Gasteiger charge is 2.05. The van der Waals surface area contributed by atoms with Gasteiger partial charge >= 0.3 is 0 Å². The van der Waals surface area contributed by atoms with Gasteiger partial charge in [-0.3, -0.25) is 4.98 Å². The Labute approximate surface area is 114 Å². The van der Waals surface area contributed by atoms with Gasteiger partial charge in [0.2, 0.25) is 0 Å². The normalized spacial score (nSPS) is 10.4. The van der Waals surface area contributed by atoms with Crippen LogP contribution in [0.3, 0.4) is 0 Å². The minimum atomic E-state index is 0.834. The summed E-state index contributed by atoms with van der Waals surface area (Å²) < 4.78 is 5.40. The summed E-state index contributed by atoms with van der Waals surface area (Å²) in [6.45, 7) is 3.89. The van der Waals surface area contributed by atoms with Gasteiger partial charge in [-0.15, -0.1) is 0 Å². The fourth-order valence-electron chi connectivity index (χ4n) is 2.08. The highest BCUT2D eigenvalue weighted by molar-refractivity contribution is 5.39. The maximum Gasteiger partial charge on any atom is 0.123 e. The molecule has 19 heavy (non-hydrogen) atoms. The molecule has 0 spiro atoms. The molecule has 0 fully saturated rings. The first kappa shape index (κ1) is 13.6. The van der Waals surface area contributed by atoms with Gasteiger partial charge in [0.1, 0.15) is 5.75 Å². The van der Waals surface area contributed by atoms with Crippen LogP contribution in [0.2, 0.25) is 0 Å². The first-order valence-electron chi connectivity index (χ1n) is 6.59. The summed E-state index contributed by atoms with van der Waals surface area (Å²) in [5.74, 6) is 0.941. The van der Waals surface area contributed by atoms with Crippen LogP contribution < -0.4 is 10.1 Å². The van der Waals surface area contributed by atoms with Crippen molar-refractivity contribution < 1.29 is 4.74 Å². The molecular weight excluding hydrogens is 236 g/mol. The third-order valence-corrected chi connectivity index (χ3v) is 3.04. The molecule has 0 saturated heterocycles. The van der Waals surface area contributed by atoms with Gasteiger partial charge < -0.3 is 10.1 Å². The second-order valence-corrected chi connectivity index (χ2v) is 4.46. The fourth-order valence-corrected chi connectivity index (χ4v) is 2.08. The number of benzene rings is 1. The van der Waals surface area contributed by atoms with E-state index in [-0.39, 0.29) is 0 Å². The zero-order valence-electron chi connectivity index (χ0n) is 11.5. The molecule has 0 unspecified atom stereocenters. The Morgan fingerprint density at radius 2 is 2.11 bits per heavy atom. The van der Waals surface area contributed by atoms with Crippen LogP contribution in [0, 0.1) is 0 Å². The van der Waals surface area contributed by atoms with Crippen molar-refractivity contribution in [1.82, 2.24) is 10.3 Å². The molecule has 1 aromatic carbocycles. The summed E-state index contributed by atoms with van der Waals surface area (Å²) in [6, 6.07) is 10.4. The first-order valence-corrected chi connectivity index (χ1v) is 6.59. The number of methoxy groups -OCH3 is 1. The molecule has 3 heteroatoms. The van der Waals surface area contributed by atoms with Crippen molar-refractivity contribution in [1.29, 1.82) is 0 Å². The van der Waals surface area contributed by atoms with E-state index in [4.69, 9.17) is 4.74 Å². The number of hydrogen-bond acceptors (Lipinski definition) is 3. The molecular formula is C16H20N2O.